The predicted molar refractivity (Wildman–Crippen MR) is 118 cm³/mol. The van der Waals surface area contributed by atoms with Crippen molar-refractivity contribution in [1.29, 1.82) is 0 Å². The average molecular weight is 604 g/mol. The van der Waals surface area contributed by atoms with Crippen LogP contribution in [0.5, 0.6) is 5.75 Å². The van der Waals surface area contributed by atoms with Gasteiger partial charge in [0.05, 0.1) is 34.7 Å². The van der Waals surface area contributed by atoms with Crippen LogP contribution < -0.4 is 99.2 Å². The molecule has 0 aliphatic heterocycles. The van der Waals surface area contributed by atoms with Gasteiger partial charge in [-0.3, -0.25) is 10.1 Å². The van der Waals surface area contributed by atoms with E-state index in [9.17, 15) is 28.6 Å². The van der Waals surface area contributed by atoms with Crippen LogP contribution in [-0.4, -0.2) is 18.1 Å². The smallest absolute Gasteiger partial charge is 0.744 e. The van der Waals surface area contributed by atoms with E-state index in [4.69, 9.17) is 0 Å². The Bertz CT molecular complexity index is 1540. The minimum Gasteiger partial charge on any atom is -0.744 e. The average Bonchev–Trinajstić information content (AvgIpc) is 2.85. The SMILES string of the molecule is O=S(=O)([O-])c1cc(SOO[O-])c2c(N=Nc3ccc(SOO[O-])c4ccccc34)c(O)ccc2c1.[Na+].[Na+].[Na+]. The van der Waals surface area contributed by atoms with Gasteiger partial charge in [0.15, 0.2) is 0 Å². The summed E-state index contributed by atoms with van der Waals surface area (Å²) in [6.07, 6.45) is 0. The first-order chi connectivity index (χ1) is 16.8. The van der Waals surface area contributed by atoms with E-state index in [1.165, 1.54) is 12.1 Å². The molecule has 4 aromatic carbocycles. The number of azo groups is 1. The zero-order chi connectivity index (χ0) is 25.0. The Labute approximate surface area is 290 Å². The zero-order valence-corrected chi connectivity index (χ0v) is 28.5. The van der Waals surface area contributed by atoms with E-state index in [-0.39, 0.29) is 116 Å². The molecule has 0 fully saturated rings. The maximum atomic E-state index is 11.6. The van der Waals surface area contributed by atoms with Gasteiger partial charge in [0.25, 0.3) is 0 Å². The number of benzene rings is 4. The van der Waals surface area contributed by atoms with Gasteiger partial charge in [-0.25, -0.2) is 8.42 Å². The van der Waals surface area contributed by atoms with Gasteiger partial charge >= 0.3 is 88.7 Å². The molecule has 4 aromatic rings. The molecule has 1 N–H and O–H groups in total. The summed E-state index contributed by atoms with van der Waals surface area (Å²) in [5, 5.41) is 47.8. The van der Waals surface area contributed by atoms with Gasteiger partial charge in [-0.2, -0.15) is 8.67 Å². The Morgan fingerprint density at radius 3 is 2.05 bits per heavy atom. The molecule has 0 aliphatic carbocycles. The first-order valence-corrected chi connectivity index (χ1v) is 12.2. The quantitative estimate of drug-likeness (QED) is 0.0478. The second-order valence-corrected chi connectivity index (χ2v) is 9.54. The Kier molecular flexibility index (Phi) is 15.8. The van der Waals surface area contributed by atoms with Crippen LogP contribution in [0.25, 0.3) is 21.5 Å². The summed E-state index contributed by atoms with van der Waals surface area (Å²) < 4.78 is 43.4. The fourth-order valence-electron chi connectivity index (χ4n) is 3.30. The summed E-state index contributed by atoms with van der Waals surface area (Å²) in [7, 11) is -4.85. The Balaban J connectivity index is 0.00000241. The normalized spacial score (nSPS) is 11.2. The molecule has 0 amide bonds. The molecule has 0 radical (unpaired) electrons. The molecule has 0 saturated heterocycles. The van der Waals surface area contributed by atoms with Gasteiger partial charge < -0.3 is 20.2 Å². The molecular weight excluding hydrogens is 593 g/mol. The molecule has 0 aromatic heterocycles. The molecule has 18 heteroatoms. The molecule has 38 heavy (non-hydrogen) atoms. The van der Waals surface area contributed by atoms with E-state index >= 15 is 0 Å². The van der Waals surface area contributed by atoms with Crippen LogP contribution in [0.2, 0.25) is 0 Å². The molecule has 182 valence electrons. The van der Waals surface area contributed by atoms with Gasteiger partial charge in [-0.1, -0.05) is 30.3 Å². The van der Waals surface area contributed by atoms with E-state index in [0.717, 1.165) is 12.1 Å². The van der Waals surface area contributed by atoms with Crippen LogP contribution in [0.3, 0.4) is 0 Å². The number of aromatic hydroxyl groups is 1. The van der Waals surface area contributed by atoms with Gasteiger partial charge in [-0.05, 0) is 41.1 Å². The monoisotopic (exact) mass is 604 g/mol. The van der Waals surface area contributed by atoms with Crippen LogP contribution in [-0.2, 0) is 28.9 Å². The van der Waals surface area contributed by atoms with E-state index in [1.807, 2.05) is 0 Å². The fourth-order valence-corrected chi connectivity index (χ4v) is 4.98. The second kappa shape index (κ2) is 16.6. The number of hydrogen-bond acceptors (Lipinski definition) is 14. The summed E-state index contributed by atoms with van der Waals surface area (Å²) in [6.45, 7) is 0. The first kappa shape index (κ1) is 36.2. The van der Waals surface area contributed by atoms with Crippen molar-refractivity contribution in [3.63, 3.8) is 0 Å². The Morgan fingerprint density at radius 1 is 0.789 bits per heavy atom. The summed E-state index contributed by atoms with van der Waals surface area (Å²) >= 11 is 1.05. The molecule has 0 unspecified atom stereocenters. The minimum absolute atomic E-state index is 0. The zero-order valence-electron chi connectivity index (χ0n) is 20.0. The van der Waals surface area contributed by atoms with Crippen LogP contribution in [0.4, 0.5) is 11.4 Å². The maximum absolute atomic E-state index is 11.6. The van der Waals surface area contributed by atoms with Crippen LogP contribution >= 0.6 is 24.1 Å². The molecule has 0 bridgehead atoms. The largest absolute Gasteiger partial charge is 1.00 e. The van der Waals surface area contributed by atoms with Gasteiger partial charge in [0.1, 0.15) is 21.6 Å². The Morgan fingerprint density at radius 2 is 1.42 bits per heavy atom. The number of fused-ring (bicyclic) bond motifs is 2. The number of hydrogen-bond donors (Lipinski definition) is 1. The predicted octanol–water partition coefficient (Wildman–Crippen LogP) is -5.51. The number of phenolic OH excluding ortho intramolecular Hbond substituents is 1. The number of nitrogens with zero attached hydrogens (tertiary/aromatic N) is 2. The van der Waals surface area contributed by atoms with Gasteiger partial charge in [0, 0.05) is 20.6 Å². The molecular formula is C20H11N2Na3O10S3. The van der Waals surface area contributed by atoms with Crippen molar-refractivity contribution in [1.82, 2.24) is 0 Å². The van der Waals surface area contributed by atoms with Gasteiger partial charge in [0.2, 0.25) is 0 Å². The minimum atomic E-state index is -4.85. The third-order valence-corrected chi connectivity index (χ3v) is 6.81. The topological polar surface area (TPSA) is 185 Å². The van der Waals surface area contributed by atoms with Crippen LogP contribution in [0.15, 0.2) is 85.6 Å². The van der Waals surface area contributed by atoms with E-state index in [1.54, 1.807) is 36.4 Å². The fraction of sp³-hybridized carbons (Fsp3) is 0. The van der Waals surface area contributed by atoms with Crippen LogP contribution in [0.1, 0.15) is 0 Å². The summed E-state index contributed by atoms with van der Waals surface area (Å²) in [6, 6.07) is 14.9. The number of rotatable bonds is 9. The summed E-state index contributed by atoms with van der Waals surface area (Å²) in [4.78, 5) is -0.0499. The standard InChI is InChI=1S/C20H14N2O10S3.3Na/c23-16-7-5-11-9-12(35(26,27)28)10-18(34-32-30-25)19(11)20(16)22-21-15-6-8-17(33-31-29-24)14-4-2-1-3-13(14)15;;;/h1-10,23-25H,(H,26,27,28);;;/q;3*+1/p-3. The molecule has 0 aliphatic rings. The van der Waals surface area contributed by atoms with E-state index in [0.29, 0.717) is 45.4 Å². The van der Waals surface area contributed by atoms with Crippen molar-refractivity contribution < 1.29 is 136 Å². The molecule has 4 rings (SSSR count). The summed E-state index contributed by atoms with van der Waals surface area (Å²) in [5.74, 6) is -0.318. The number of phenols is 1. The van der Waals surface area contributed by atoms with Crippen molar-refractivity contribution in [2.45, 2.75) is 14.7 Å². The third-order valence-electron chi connectivity index (χ3n) is 4.72. The third kappa shape index (κ3) is 8.59. The van der Waals surface area contributed by atoms with Crippen molar-refractivity contribution >= 4 is 67.1 Å². The van der Waals surface area contributed by atoms with E-state index < -0.39 is 15.0 Å². The van der Waals surface area contributed by atoms with Crippen molar-refractivity contribution in [2.24, 2.45) is 10.2 Å². The molecule has 12 nitrogen and oxygen atoms in total. The summed E-state index contributed by atoms with van der Waals surface area (Å²) in [5.41, 5.74) is 0.302. The van der Waals surface area contributed by atoms with Gasteiger partial charge in [-0.15, -0.1) is 10.2 Å². The van der Waals surface area contributed by atoms with E-state index in [2.05, 4.69) is 29.0 Å². The molecule has 0 atom stereocenters. The second-order valence-electron chi connectivity index (χ2n) is 6.67. The Hall–Kier alpha value is 0.170. The maximum Gasteiger partial charge on any atom is 1.00 e. The van der Waals surface area contributed by atoms with Crippen LogP contribution in [0, 0.1) is 0 Å². The first-order valence-electron chi connectivity index (χ1n) is 9.29. The molecule has 0 heterocycles. The van der Waals surface area contributed by atoms with Crippen molar-refractivity contribution in [3.05, 3.63) is 60.7 Å². The molecule has 0 saturated carbocycles. The molecule has 0 spiro atoms. The van der Waals surface area contributed by atoms with Crippen molar-refractivity contribution in [3.8, 4) is 5.75 Å². The van der Waals surface area contributed by atoms with Crippen molar-refractivity contribution in [2.75, 3.05) is 0 Å².